The fourth-order valence-corrected chi connectivity index (χ4v) is 4.56. The van der Waals surface area contributed by atoms with Crippen LogP contribution in [0.1, 0.15) is 26.0 Å². The van der Waals surface area contributed by atoms with Gasteiger partial charge in [-0.2, -0.15) is 5.10 Å². The quantitative estimate of drug-likeness (QED) is 0.530. The zero-order chi connectivity index (χ0) is 22.8. The van der Waals surface area contributed by atoms with Gasteiger partial charge in [0.25, 0.3) is 6.43 Å². The Morgan fingerprint density at radius 2 is 2.06 bits per heavy atom. The molecule has 0 bridgehead atoms. The highest BCUT2D eigenvalue weighted by molar-refractivity contribution is 7.88. The van der Waals surface area contributed by atoms with Gasteiger partial charge in [-0.3, -0.25) is 4.90 Å². The van der Waals surface area contributed by atoms with Crippen molar-refractivity contribution in [3.05, 3.63) is 36.4 Å². The first-order valence-corrected chi connectivity index (χ1v) is 12.0. The van der Waals surface area contributed by atoms with Crippen molar-refractivity contribution in [2.45, 2.75) is 32.4 Å². The highest BCUT2D eigenvalue weighted by atomic mass is 32.2. The minimum absolute atomic E-state index is 0.105. The van der Waals surface area contributed by atoms with E-state index < -0.39 is 17.8 Å². The Morgan fingerprint density at radius 3 is 2.78 bits per heavy atom. The molecule has 172 valence electrons. The minimum atomic E-state index is -2.67. The van der Waals surface area contributed by atoms with Gasteiger partial charge in [0.2, 0.25) is 0 Å². The van der Waals surface area contributed by atoms with Crippen LogP contribution >= 0.6 is 0 Å². The Hall–Kier alpha value is -2.41. The summed E-state index contributed by atoms with van der Waals surface area (Å²) in [5.41, 5.74) is 1.22. The monoisotopic (exact) mass is 464 g/mol. The molecule has 1 saturated heterocycles. The summed E-state index contributed by atoms with van der Waals surface area (Å²) in [6.07, 6.45) is 2.00. The van der Waals surface area contributed by atoms with Crippen molar-refractivity contribution < 1.29 is 13.3 Å². The molecule has 1 N–H and O–H groups in total. The van der Waals surface area contributed by atoms with Crippen molar-refractivity contribution >= 4 is 22.8 Å². The van der Waals surface area contributed by atoms with Crippen LogP contribution in [0.3, 0.4) is 0 Å². The maximum atomic E-state index is 13.1. The second-order valence-corrected chi connectivity index (χ2v) is 8.86. The van der Waals surface area contributed by atoms with E-state index in [1.165, 1.54) is 23.0 Å². The number of halogens is 2. The average Bonchev–Trinajstić information content (AvgIpc) is 3.21. The van der Waals surface area contributed by atoms with Crippen LogP contribution in [0, 0.1) is 0 Å². The van der Waals surface area contributed by atoms with Crippen LogP contribution < -0.4 is 9.62 Å². The van der Waals surface area contributed by atoms with Crippen LogP contribution in [-0.4, -0.2) is 78.5 Å². The molecule has 32 heavy (non-hydrogen) atoms. The summed E-state index contributed by atoms with van der Waals surface area (Å²) in [5.74, 6) is 0.737. The Morgan fingerprint density at radius 1 is 1.25 bits per heavy atom. The second-order valence-electron chi connectivity index (χ2n) is 7.67. The molecule has 0 spiro atoms. The van der Waals surface area contributed by atoms with Crippen LogP contribution in [0.15, 0.2) is 30.7 Å². The summed E-state index contributed by atoms with van der Waals surface area (Å²) < 4.78 is 42.3. The molecule has 0 radical (unpaired) electrons. The number of anilines is 1. The second kappa shape index (κ2) is 9.61. The maximum absolute atomic E-state index is 13.1. The van der Waals surface area contributed by atoms with Crippen molar-refractivity contribution in [2.24, 2.45) is 0 Å². The lowest BCUT2D eigenvalue weighted by molar-refractivity contribution is 0.144. The fraction of sp³-hybridized carbons (Fsp3) is 0.500. The third-order valence-electron chi connectivity index (χ3n) is 5.86. The number of hydrogen-bond donors (Lipinski definition) is 1. The molecular formula is C20H26F2N8OS. The number of alkyl halides is 2. The maximum Gasteiger partial charge on any atom is 0.282 e. The van der Waals surface area contributed by atoms with E-state index >= 15 is 0 Å². The van der Waals surface area contributed by atoms with Crippen molar-refractivity contribution in [1.29, 1.82) is 0 Å². The van der Waals surface area contributed by atoms with Crippen molar-refractivity contribution in [1.82, 2.24) is 34.2 Å². The molecule has 0 aromatic carbocycles. The summed E-state index contributed by atoms with van der Waals surface area (Å²) in [6, 6.07) is 4.88. The van der Waals surface area contributed by atoms with Crippen molar-refractivity contribution in [3.63, 3.8) is 0 Å². The predicted octanol–water partition coefficient (Wildman–Crippen LogP) is 1.91. The van der Waals surface area contributed by atoms with Gasteiger partial charge in [-0.05, 0) is 25.6 Å². The zero-order valence-electron chi connectivity index (χ0n) is 18.2. The van der Waals surface area contributed by atoms with Crippen LogP contribution in [0.4, 0.5) is 14.6 Å². The summed E-state index contributed by atoms with van der Waals surface area (Å²) in [6.45, 7) is 7.36. The molecule has 3 unspecified atom stereocenters. The van der Waals surface area contributed by atoms with Crippen LogP contribution in [0.5, 0.6) is 0 Å². The molecule has 0 amide bonds. The van der Waals surface area contributed by atoms with Crippen LogP contribution in [0.2, 0.25) is 0 Å². The fourth-order valence-electron chi connectivity index (χ4n) is 4.16. The molecular weight excluding hydrogens is 438 g/mol. The van der Waals surface area contributed by atoms with Gasteiger partial charge in [0.15, 0.2) is 5.65 Å². The standard InChI is InChI=1S/C20H26F2N8OS/c1-4-28-7-8-29(13(2)16(28)11-26-32(3)31)19-9-15(24-12-25-19)17-10-23-18-6-5-14(20(21)22)27-30(17)18/h5-6,9-10,12-13,16,20,26H,4,7-8,11H2,1-3H3. The Kier molecular flexibility index (Phi) is 6.84. The van der Waals surface area contributed by atoms with Gasteiger partial charge in [-0.25, -0.2) is 28.2 Å². The zero-order valence-corrected chi connectivity index (χ0v) is 19.0. The number of piperazine rings is 1. The van der Waals surface area contributed by atoms with Crippen molar-refractivity contribution in [3.8, 4) is 11.4 Å². The Bertz CT molecular complexity index is 1070. The van der Waals surface area contributed by atoms with E-state index in [9.17, 15) is 13.3 Å². The molecule has 0 saturated carbocycles. The third-order valence-corrected chi connectivity index (χ3v) is 6.44. The summed E-state index contributed by atoms with van der Waals surface area (Å²) in [7, 11) is 0. The number of rotatable bonds is 7. The Balaban J connectivity index is 1.64. The highest BCUT2D eigenvalue weighted by Crippen LogP contribution is 2.27. The van der Waals surface area contributed by atoms with E-state index in [2.05, 4.69) is 48.4 Å². The van der Waals surface area contributed by atoms with Gasteiger partial charge in [0.05, 0.1) is 18.4 Å². The summed E-state index contributed by atoms with van der Waals surface area (Å²) >= 11 is -1.09. The molecule has 1 aliphatic rings. The van der Waals surface area contributed by atoms with E-state index in [1.807, 2.05) is 6.07 Å². The normalized spacial score (nSPS) is 20.9. The SMILES string of the molecule is CCN1CCN(c2cc(-c3cnc4ccc(C(F)F)nn34)ncn2)C(C)C1CN[S+](C)[O-]. The Labute approximate surface area is 188 Å². The number of imidazole rings is 1. The first-order chi connectivity index (χ1) is 15.4. The molecule has 1 fully saturated rings. The number of nitrogens with one attached hydrogen (secondary N) is 1. The molecule has 0 aliphatic carbocycles. The number of likely N-dealkylation sites (N-methyl/N-ethyl adjacent to an activating group) is 1. The molecule has 3 atom stereocenters. The smallest absolute Gasteiger partial charge is 0.282 e. The predicted molar refractivity (Wildman–Crippen MR) is 119 cm³/mol. The summed E-state index contributed by atoms with van der Waals surface area (Å²) in [4.78, 5) is 17.6. The third kappa shape index (κ3) is 4.53. The number of nitrogens with zero attached hydrogens (tertiary/aromatic N) is 7. The number of aromatic nitrogens is 5. The van der Waals surface area contributed by atoms with Gasteiger partial charge in [0.1, 0.15) is 29.8 Å². The number of hydrogen-bond acceptors (Lipinski definition) is 8. The summed E-state index contributed by atoms with van der Waals surface area (Å²) in [5, 5.41) is 4.03. The number of fused-ring (bicyclic) bond motifs is 1. The van der Waals surface area contributed by atoms with E-state index in [1.54, 1.807) is 12.5 Å². The topological polar surface area (TPSA) is 97.5 Å². The largest absolute Gasteiger partial charge is 0.598 e. The molecule has 9 nitrogen and oxygen atoms in total. The lowest BCUT2D eigenvalue weighted by Crippen LogP contribution is -2.62. The molecule has 3 aromatic rings. The molecule has 12 heteroatoms. The van der Waals surface area contributed by atoms with Gasteiger partial charge in [0, 0.05) is 42.6 Å². The van der Waals surface area contributed by atoms with Gasteiger partial charge in [-0.15, -0.1) is 4.72 Å². The highest BCUT2D eigenvalue weighted by Gasteiger charge is 2.34. The van der Waals surface area contributed by atoms with E-state index in [-0.39, 0.29) is 17.8 Å². The molecule has 1 aliphatic heterocycles. The first kappa shape index (κ1) is 22.8. The molecule has 4 rings (SSSR count). The molecule has 4 heterocycles. The van der Waals surface area contributed by atoms with E-state index in [0.717, 1.165) is 25.5 Å². The average molecular weight is 465 g/mol. The van der Waals surface area contributed by atoms with Crippen LogP contribution in [-0.2, 0) is 11.4 Å². The van der Waals surface area contributed by atoms with Crippen molar-refractivity contribution in [2.75, 3.05) is 37.3 Å². The van der Waals surface area contributed by atoms with E-state index in [4.69, 9.17) is 0 Å². The molecule has 3 aromatic heterocycles. The minimum Gasteiger partial charge on any atom is -0.598 e. The van der Waals surface area contributed by atoms with Gasteiger partial charge in [-0.1, -0.05) is 6.92 Å². The van der Waals surface area contributed by atoms with Gasteiger partial charge < -0.3 is 9.45 Å². The lowest BCUT2D eigenvalue weighted by Gasteiger charge is -2.46. The van der Waals surface area contributed by atoms with E-state index in [0.29, 0.717) is 23.6 Å². The van der Waals surface area contributed by atoms with Crippen LogP contribution in [0.25, 0.3) is 17.0 Å². The lowest BCUT2D eigenvalue weighted by atomic mass is 10.0. The van der Waals surface area contributed by atoms with Gasteiger partial charge >= 0.3 is 0 Å². The first-order valence-electron chi connectivity index (χ1n) is 10.4.